The van der Waals surface area contributed by atoms with Gasteiger partial charge in [0.05, 0.1) is 51.1 Å². The van der Waals surface area contributed by atoms with Crippen LogP contribution in [0.4, 0.5) is 4.79 Å². The summed E-state index contributed by atoms with van der Waals surface area (Å²) in [5, 5.41) is 11.3. The van der Waals surface area contributed by atoms with E-state index in [-0.39, 0.29) is 54.0 Å². The maximum absolute atomic E-state index is 14.9. The van der Waals surface area contributed by atoms with Crippen molar-refractivity contribution in [3.05, 3.63) is 71.8 Å². The molecule has 20 heteroatoms. The fourth-order valence-corrected chi connectivity index (χ4v) is 29.6. The quantitative estimate of drug-likeness (QED) is 0.101. The van der Waals surface area contributed by atoms with E-state index in [1.165, 1.54) is 14.2 Å². The number of carbonyl (C=O) groups is 3. The van der Waals surface area contributed by atoms with E-state index in [9.17, 15) is 19.5 Å². The van der Waals surface area contributed by atoms with Gasteiger partial charge in [-0.25, -0.2) is 14.4 Å². The zero-order chi connectivity index (χ0) is 52.9. The standard InChI is InChI=1S/C52H81NO16Si3/c1-31(2)70(32(3)4)61-30-39(67-71(69-70,33(5)6)34(7)8)42-43-40-37(63-49(57)53(40)72(68-42,50(9,10)11)51(12,13)14)27-52(65-43,48(56)59-16)66-44-41(54)38(29-60-28-35-23-19-17-20-24-35)62-47(58-15)45(44)64-46(55)36-25-21-18-22-26-36/h17-26,31-34,37-45,47,54H,27-30H2,1-16H3/t37-,38+,39+,40+,41-,42+,43+,44-,45+,47-,52+/m0/s1. The van der Waals surface area contributed by atoms with Gasteiger partial charge < -0.3 is 65.0 Å². The van der Waals surface area contributed by atoms with Crippen molar-refractivity contribution < 1.29 is 74.8 Å². The molecule has 11 atom stereocenters. The summed E-state index contributed by atoms with van der Waals surface area (Å²) in [6.07, 6.45) is -12.2. The van der Waals surface area contributed by atoms with E-state index in [2.05, 4.69) is 96.9 Å². The number of rotatable bonds is 15. The van der Waals surface area contributed by atoms with Crippen molar-refractivity contribution >= 4 is 43.6 Å². The molecule has 0 spiro atoms. The molecule has 17 nitrogen and oxygen atoms in total. The van der Waals surface area contributed by atoms with Gasteiger partial charge in [-0.1, -0.05) is 145 Å². The fraction of sp³-hybridized carbons (Fsp3) is 0.712. The van der Waals surface area contributed by atoms with Gasteiger partial charge in [-0.2, -0.15) is 0 Å². The van der Waals surface area contributed by atoms with Gasteiger partial charge >= 0.3 is 43.6 Å². The first kappa shape index (κ1) is 56.6. The first-order valence-corrected chi connectivity index (χ1v) is 31.4. The molecule has 0 aromatic heterocycles. The summed E-state index contributed by atoms with van der Waals surface area (Å²) in [7, 11) is -7.39. The number of aliphatic hydroxyl groups excluding tert-OH is 1. The van der Waals surface area contributed by atoms with Crippen LogP contribution >= 0.6 is 0 Å². The van der Waals surface area contributed by atoms with Gasteiger partial charge in [0.25, 0.3) is 5.79 Å². The molecule has 5 saturated heterocycles. The Labute approximate surface area is 429 Å². The van der Waals surface area contributed by atoms with E-state index in [4.69, 9.17) is 55.3 Å². The SMILES string of the molecule is COC(=O)[C@]1(O[C@H]2[C@@H](O)[C@@H](COCc3ccccc3)O[C@H](OC)[C@@H]2OC(=O)c2ccccc2)C[C@@H]2OC(=O)N3[C@H]2[C@@H](O1)[C@@H]([C@H]1CO[Si](C(C)C)(C(C)C)O[Si](C(C)C)(C(C)C)O1)O[Si]3(C(C)(C)C)C(C)(C)C. The molecule has 0 aliphatic carbocycles. The van der Waals surface area contributed by atoms with E-state index in [1.807, 2.05) is 30.3 Å². The van der Waals surface area contributed by atoms with Crippen molar-refractivity contribution in [1.82, 2.24) is 4.57 Å². The van der Waals surface area contributed by atoms with Crippen molar-refractivity contribution in [2.75, 3.05) is 27.4 Å². The van der Waals surface area contributed by atoms with Crippen LogP contribution in [0.5, 0.6) is 0 Å². The Balaban J connectivity index is 1.38. The maximum atomic E-state index is 14.9. The zero-order valence-electron chi connectivity index (χ0n) is 45.2. The molecule has 5 aliphatic heterocycles. The average molecular weight is 1060 g/mol. The molecule has 2 aromatic rings. The topological polar surface area (TPSA) is 185 Å². The number of hydrogen-bond donors (Lipinski definition) is 1. The number of hydrogen-bond acceptors (Lipinski definition) is 16. The fourth-order valence-electron chi connectivity index (χ4n) is 12.2. The number of ether oxygens (including phenoxy) is 8. The second kappa shape index (κ2) is 21.5. The summed E-state index contributed by atoms with van der Waals surface area (Å²) in [5.74, 6) is -4.20. The van der Waals surface area contributed by atoms with Crippen LogP contribution in [-0.4, -0.2) is 148 Å². The Morgan fingerprint density at radius 3 is 1.92 bits per heavy atom. The Kier molecular flexibility index (Phi) is 16.9. The minimum Gasteiger partial charge on any atom is -0.465 e. The summed E-state index contributed by atoms with van der Waals surface area (Å²) in [6, 6.07) is 17.0. The van der Waals surface area contributed by atoms with Gasteiger partial charge in [0.15, 0.2) is 12.4 Å². The Hall–Kier alpha value is -3.10. The molecule has 1 amide bonds. The summed E-state index contributed by atoms with van der Waals surface area (Å²) < 4.78 is 82.7. The number of aliphatic hydroxyl groups is 1. The summed E-state index contributed by atoms with van der Waals surface area (Å²) in [4.78, 5) is 43.7. The third-order valence-corrected chi connectivity index (χ3v) is 31.4. The van der Waals surface area contributed by atoms with Crippen molar-refractivity contribution in [2.24, 2.45) is 0 Å². The number of amides is 1. The predicted molar refractivity (Wildman–Crippen MR) is 272 cm³/mol. The summed E-state index contributed by atoms with van der Waals surface area (Å²) in [6.45, 7) is 29.8. The van der Waals surface area contributed by atoms with Crippen molar-refractivity contribution in [3.8, 4) is 0 Å². The minimum absolute atomic E-state index is 0.0313. The maximum Gasteiger partial charge on any atom is 0.404 e. The van der Waals surface area contributed by atoms with Crippen molar-refractivity contribution in [2.45, 2.75) is 209 Å². The van der Waals surface area contributed by atoms with Crippen LogP contribution in [0.1, 0.15) is 119 Å². The van der Waals surface area contributed by atoms with Crippen molar-refractivity contribution in [1.29, 1.82) is 0 Å². The van der Waals surface area contributed by atoms with E-state index < -0.39 is 121 Å². The second-order valence-corrected chi connectivity index (χ2v) is 37.1. The van der Waals surface area contributed by atoms with Gasteiger partial charge in [-0.05, 0) is 39.9 Å². The lowest BCUT2D eigenvalue weighted by atomic mass is 9.88. The monoisotopic (exact) mass is 1060 g/mol. The second-order valence-electron chi connectivity index (χ2n) is 23.3. The number of nitrogens with zero attached hydrogens (tertiary/aromatic N) is 1. The van der Waals surface area contributed by atoms with Crippen LogP contribution in [-0.2, 0) is 66.7 Å². The van der Waals surface area contributed by atoms with Crippen LogP contribution in [0, 0.1) is 0 Å². The highest BCUT2D eigenvalue weighted by molar-refractivity contribution is 6.84. The van der Waals surface area contributed by atoms with E-state index in [1.54, 1.807) is 34.9 Å². The van der Waals surface area contributed by atoms with Crippen LogP contribution < -0.4 is 0 Å². The van der Waals surface area contributed by atoms with E-state index in [0.29, 0.717) is 0 Å². The highest BCUT2D eigenvalue weighted by Gasteiger charge is 2.77. The first-order valence-electron chi connectivity index (χ1n) is 25.6. The lowest BCUT2D eigenvalue weighted by Crippen LogP contribution is -2.81. The molecular formula is C52H81NO16Si3. The molecule has 0 saturated carbocycles. The van der Waals surface area contributed by atoms with Gasteiger partial charge in [-0.15, -0.1) is 0 Å². The molecule has 5 aliphatic rings. The predicted octanol–water partition coefficient (Wildman–Crippen LogP) is 8.79. The van der Waals surface area contributed by atoms with Crippen LogP contribution in [0.15, 0.2) is 60.7 Å². The molecule has 5 heterocycles. The molecule has 72 heavy (non-hydrogen) atoms. The Morgan fingerprint density at radius 1 is 0.792 bits per heavy atom. The number of benzene rings is 2. The molecule has 0 unspecified atom stereocenters. The van der Waals surface area contributed by atoms with Crippen LogP contribution in [0.2, 0.25) is 32.2 Å². The lowest BCUT2D eigenvalue weighted by molar-refractivity contribution is -0.368. The van der Waals surface area contributed by atoms with Gasteiger partial charge in [0, 0.05) is 17.2 Å². The Morgan fingerprint density at radius 2 is 1.38 bits per heavy atom. The molecule has 5 fully saturated rings. The molecular weight excluding hydrogens is 979 g/mol. The van der Waals surface area contributed by atoms with E-state index >= 15 is 0 Å². The number of methoxy groups -OCH3 is 2. The normalized spacial score (nSPS) is 32.3. The zero-order valence-corrected chi connectivity index (χ0v) is 48.2. The van der Waals surface area contributed by atoms with Crippen LogP contribution in [0.3, 0.4) is 0 Å². The largest absolute Gasteiger partial charge is 0.465 e. The molecule has 402 valence electrons. The highest BCUT2D eigenvalue weighted by Crippen LogP contribution is 2.61. The minimum atomic E-state index is -3.62. The third kappa shape index (κ3) is 10.1. The molecule has 7 rings (SSSR count). The van der Waals surface area contributed by atoms with Gasteiger partial charge in [-0.3, -0.25) is 0 Å². The Bertz CT molecular complexity index is 2160. The third-order valence-electron chi connectivity index (χ3n) is 15.3. The number of esters is 2. The number of carbonyl (C=O) groups excluding carboxylic acids is 3. The van der Waals surface area contributed by atoms with Crippen LogP contribution in [0.25, 0.3) is 0 Å². The van der Waals surface area contributed by atoms with E-state index in [0.717, 1.165) is 5.56 Å². The summed E-state index contributed by atoms with van der Waals surface area (Å²) in [5.41, 5.74) is 1.14. The lowest BCUT2D eigenvalue weighted by Gasteiger charge is -2.63. The molecule has 2 aromatic carbocycles. The first-order chi connectivity index (χ1) is 33.7. The average Bonchev–Trinajstić information content (AvgIpc) is 3.52. The van der Waals surface area contributed by atoms with Crippen molar-refractivity contribution in [3.63, 3.8) is 0 Å². The summed E-state index contributed by atoms with van der Waals surface area (Å²) >= 11 is 0. The van der Waals surface area contributed by atoms with Gasteiger partial charge in [0.2, 0.25) is 0 Å². The highest BCUT2D eigenvalue weighted by atomic mass is 28.5. The molecule has 0 radical (unpaired) electrons. The van der Waals surface area contributed by atoms with Gasteiger partial charge in [0.1, 0.15) is 36.6 Å². The molecule has 0 bridgehead atoms. The smallest absolute Gasteiger partial charge is 0.404 e. The molecule has 1 N–H and O–H groups in total.